The summed E-state index contributed by atoms with van der Waals surface area (Å²) >= 11 is 0. The Kier molecular flexibility index (Phi) is 5.01. The number of anilines is 1. The molecule has 0 bridgehead atoms. The lowest BCUT2D eigenvalue weighted by Crippen LogP contribution is -2.14. The molecule has 0 radical (unpaired) electrons. The van der Waals surface area contributed by atoms with Crippen LogP contribution in [0.2, 0.25) is 0 Å². The minimum absolute atomic E-state index is 0.426. The maximum absolute atomic E-state index is 12.2. The van der Waals surface area contributed by atoms with Gasteiger partial charge in [-0.1, -0.05) is 0 Å². The molecule has 0 aliphatic carbocycles. The second-order valence-electron chi connectivity index (χ2n) is 4.92. The van der Waals surface area contributed by atoms with Gasteiger partial charge in [0.2, 0.25) is 0 Å². The van der Waals surface area contributed by atoms with Crippen LogP contribution in [-0.4, -0.2) is 25.6 Å². The Bertz CT molecular complexity index is 971. The summed E-state index contributed by atoms with van der Waals surface area (Å²) in [5.74, 6) is -1.11. The van der Waals surface area contributed by atoms with Gasteiger partial charge in [0, 0.05) is 18.2 Å². The van der Waals surface area contributed by atoms with E-state index in [1.165, 1.54) is 0 Å². The molecular weight excluding hydrogens is 370 g/mol. The van der Waals surface area contributed by atoms with Gasteiger partial charge in [-0.3, -0.25) is 45.3 Å². The number of benzene rings is 2. The molecular formula is C13H7N5O9. The Morgan fingerprint density at radius 1 is 0.704 bits per heavy atom. The van der Waals surface area contributed by atoms with Crippen LogP contribution in [0.15, 0.2) is 36.4 Å². The van der Waals surface area contributed by atoms with Crippen LogP contribution in [0.25, 0.3) is 0 Å². The SMILES string of the molecule is O=C(Nc1ccc([N+](=O)[O-])cc1[N+](=O)[O-])c1cc([N+](=O)[O-])cc([N+](=O)[O-])c1. The molecule has 0 saturated carbocycles. The fraction of sp³-hybridized carbons (Fsp3) is 0. The van der Waals surface area contributed by atoms with Gasteiger partial charge in [-0.25, -0.2) is 0 Å². The summed E-state index contributed by atoms with van der Waals surface area (Å²) in [6.07, 6.45) is 0. The molecule has 14 nitrogen and oxygen atoms in total. The second-order valence-corrected chi connectivity index (χ2v) is 4.92. The number of non-ortho nitro benzene ring substituents is 3. The van der Waals surface area contributed by atoms with Crippen molar-refractivity contribution in [2.24, 2.45) is 0 Å². The Balaban J connectivity index is 2.46. The topological polar surface area (TPSA) is 202 Å². The predicted octanol–water partition coefficient (Wildman–Crippen LogP) is 2.57. The highest BCUT2D eigenvalue weighted by Crippen LogP contribution is 2.30. The number of hydrogen-bond donors (Lipinski definition) is 1. The fourth-order valence-corrected chi connectivity index (χ4v) is 2.02. The zero-order valence-electron chi connectivity index (χ0n) is 12.9. The third kappa shape index (κ3) is 4.13. The predicted molar refractivity (Wildman–Crippen MR) is 87.5 cm³/mol. The minimum atomic E-state index is -1.11. The molecule has 2 aromatic carbocycles. The van der Waals surface area contributed by atoms with E-state index >= 15 is 0 Å². The van der Waals surface area contributed by atoms with Crippen LogP contribution >= 0.6 is 0 Å². The number of amides is 1. The van der Waals surface area contributed by atoms with Crippen molar-refractivity contribution in [2.75, 3.05) is 5.32 Å². The molecule has 1 N–H and O–H groups in total. The number of rotatable bonds is 6. The summed E-state index contributed by atoms with van der Waals surface area (Å²) < 4.78 is 0. The molecule has 0 heterocycles. The lowest BCUT2D eigenvalue weighted by atomic mass is 10.1. The maximum Gasteiger partial charge on any atom is 0.299 e. The number of nitro groups is 4. The van der Waals surface area contributed by atoms with Gasteiger partial charge in [-0.15, -0.1) is 0 Å². The van der Waals surface area contributed by atoms with E-state index in [9.17, 15) is 45.3 Å². The van der Waals surface area contributed by atoms with Crippen LogP contribution in [0.4, 0.5) is 28.4 Å². The highest BCUT2D eigenvalue weighted by Gasteiger charge is 2.24. The van der Waals surface area contributed by atoms with E-state index in [0.29, 0.717) is 12.1 Å². The first-order valence-electron chi connectivity index (χ1n) is 6.78. The average molecular weight is 377 g/mol. The Morgan fingerprint density at radius 2 is 1.22 bits per heavy atom. The number of nitrogens with one attached hydrogen (secondary N) is 1. The molecule has 0 unspecified atom stereocenters. The van der Waals surface area contributed by atoms with E-state index in [2.05, 4.69) is 5.32 Å². The summed E-state index contributed by atoms with van der Waals surface area (Å²) in [6.45, 7) is 0. The maximum atomic E-state index is 12.2. The molecule has 27 heavy (non-hydrogen) atoms. The van der Waals surface area contributed by atoms with Gasteiger partial charge in [-0.2, -0.15) is 0 Å². The van der Waals surface area contributed by atoms with Crippen molar-refractivity contribution in [2.45, 2.75) is 0 Å². The van der Waals surface area contributed by atoms with E-state index in [0.717, 1.165) is 24.3 Å². The number of nitro benzene ring substituents is 4. The zero-order valence-corrected chi connectivity index (χ0v) is 12.9. The van der Waals surface area contributed by atoms with Gasteiger partial charge in [0.25, 0.3) is 28.7 Å². The smallest absolute Gasteiger partial charge is 0.299 e. The number of hydrogen-bond acceptors (Lipinski definition) is 9. The van der Waals surface area contributed by atoms with Crippen LogP contribution in [0.3, 0.4) is 0 Å². The molecule has 138 valence electrons. The molecule has 0 saturated heterocycles. The largest absolute Gasteiger partial charge is 0.316 e. The fourth-order valence-electron chi connectivity index (χ4n) is 2.02. The summed E-state index contributed by atoms with van der Waals surface area (Å²) in [6, 6.07) is 4.56. The van der Waals surface area contributed by atoms with Crippen molar-refractivity contribution in [3.63, 3.8) is 0 Å². The highest BCUT2D eigenvalue weighted by atomic mass is 16.6. The van der Waals surface area contributed by atoms with Gasteiger partial charge in [-0.05, 0) is 6.07 Å². The van der Waals surface area contributed by atoms with Crippen molar-refractivity contribution in [1.29, 1.82) is 0 Å². The summed E-state index contributed by atoms with van der Waals surface area (Å²) in [7, 11) is 0. The summed E-state index contributed by atoms with van der Waals surface area (Å²) in [4.78, 5) is 52.0. The molecule has 1 amide bonds. The van der Waals surface area contributed by atoms with Crippen LogP contribution in [0.5, 0.6) is 0 Å². The van der Waals surface area contributed by atoms with Crippen molar-refractivity contribution in [1.82, 2.24) is 0 Å². The van der Waals surface area contributed by atoms with E-state index in [-0.39, 0.29) is 0 Å². The molecule has 0 fully saturated rings. The van der Waals surface area contributed by atoms with Crippen LogP contribution in [0, 0.1) is 40.5 Å². The summed E-state index contributed by atoms with van der Waals surface area (Å²) in [5, 5.41) is 45.5. The number of carbonyl (C=O) groups is 1. The van der Waals surface area contributed by atoms with E-state index in [1.54, 1.807) is 0 Å². The lowest BCUT2D eigenvalue weighted by molar-refractivity contribution is -0.394. The van der Waals surface area contributed by atoms with Crippen LogP contribution in [0.1, 0.15) is 10.4 Å². The van der Waals surface area contributed by atoms with Crippen LogP contribution in [-0.2, 0) is 0 Å². The number of nitrogens with zero attached hydrogens (tertiary/aromatic N) is 4. The standard InChI is InChI=1S/C13H7N5O9/c19-13(7-3-9(16(22)23)5-10(4-7)17(24)25)14-11-2-1-8(15(20)21)6-12(11)18(26)27/h1-6H,(H,14,19). The van der Waals surface area contributed by atoms with Gasteiger partial charge >= 0.3 is 0 Å². The van der Waals surface area contributed by atoms with Crippen molar-refractivity contribution < 1.29 is 24.5 Å². The molecule has 0 atom stereocenters. The third-order valence-corrected chi connectivity index (χ3v) is 3.22. The first-order valence-corrected chi connectivity index (χ1v) is 6.78. The first kappa shape index (κ1) is 18.8. The van der Waals surface area contributed by atoms with Gasteiger partial charge < -0.3 is 5.32 Å². The minimum Gasteiger partial charge on any atom is -0.316 e. The normalized spacial score (nSPS) is 10.1. The third-order valence-electron chi connectivity index (χ3n) is 3.22. The molecule has 0 aromatic heterocycles. The van der Waals surface area contributed by atoms with Gasteiger partial charge in [0.15, 0.2) is 0 Å². The molecule has 2 rings (SSSR count). The molecule has 0 spiro atoms. The molecule has 0 aliphatic heterocycles. The van der Waals surface area contributed by atoms with E-state index in [4.69, 9.17) is 0 Å². The van der Waals surface area contributed by atoms with Gasteiger partial charge in [0.05, 0.1) is 37.4 Å². The van der Waals surface area contributed by atoms with Gasteiger partial charge in [0.1, 0.15) is 5.69 Å². The number of carbonyl (C=O) groups excluding carboxylic acids is 1. The molecule has 2 aromatic rings. The zero-order chi connectivity index (χ0) is 20.3. The molecule has 0 aliphatic rings. The van der Waals surface area contributed by atoms with Crippen molar-refractivity contribution in [3.05, 3.63) is 82.4 Å². The van der Waals surface area contributed by atoms with Crippen LogP contribution < -0.4 is 5.32 Å². The Hall–Kier alpha value is -4.49. The Morgan fingerprint density at radius 3 is 1.67 bits per heavy atom. The molecule has 14 heteroatoms. The Labute approximate surface area is 147 Å². The lowest BCUT2D eigenvalue weighted by Gasteiger charge is -2.06. The monoisotopic (exact) mass is 377 g/mol. The van der Waals surface area contributed by atoms with E-state index in [1.807, 2.05) is 0 Å². The quantitative estimate of drug-likeness (QED) is 0.579. The summed E-state index contributed by atoms with van der Waals surface area (Å²) in [5.41, 5.74) is -3.77. The second kappa shape index (κ2) is 7.18. The van der Waals surface area contributed by atoms with Crippen molar-refractivity contribution >= 4 is 34.3 Å². The van der Waals surface area contributed by atoms with E-state index < -0.39 is 59.6 Å². The average Bonchev–Trinajstić information content (AvgIpc) is 2.60. The first-order chi connectivity index (χ1) is 12.6. The highest BCUT2D eigenvalue weighted by molar-refractivity contribution is 6.06. The van der Waals surface area contributed by atoms with Crippen molar-refractivity contribution in [3.8, 4) is 0 Å².